The lowest BCUT2D eigenvalue weighted by Gasteiger charge is -2.25. The number of benzene rings is 1. The average molecular weight is 362 g/mol. The number of carboxylic acid groups (broad SMARTS) is 1. The molecule has 2 rings (SSSR count). The molecule has 6 heteroatoms. The second kappa shape index (κ2) is 9.57. The topological polar surface area (TPSA) is 70.1 Å². The molecule has 0 spiro atoms. The number of carboxylic acids is 1. The van der Waals surface area contributed by atoms with Crippen molar-refractivity contribution in [2.75, 3.05) is 33.3 Å². The van der Waals surface area contributed by atoms with Crippen LogP contribution in [-0.2, 0) is 9.59 Å². The first-order valence-electron chi connectivity index (χ1n) is 9.26. The normalized spacial score (nSPS) is 17.8. The number of hydrogen-bond donors (Lipinski definition) is 1. The van der Waals surface area contributed by atoms with Crippen LogP contribution < -0.4 is 4.74 Å². The van der Waals surface area contributed by atoms with Crippen molar-refractivity contribution in [3.8, 4) is 5.75 Å². The largest absolute Gasteiger partial charge is 0.493 e. The number of rotatable bonds is 7. The minimum absolute atomic E-state index is 0.0441. The molecule has 1 unspecified atom stereocenters. The highest BCUT2D eigenvalue weighted by Gasteiger charge is 2.23. The summed E-state index contributed by atoms with van der Waals surface area (Å²) in [5, 5.41) is 8.93. The molecule has 1 heterocycles. The minimum Gasteiger partial charge on any atom is -0.493 e. The van der Waals surface area contributed by atoms with Crippen molar-refractivity contribution in [1.82, 2.24) is 9.80 Å². The zero-order valence-corrected chi connectivity index (χ0v) is 16.0. The van der Waals surface area contributed by atoms with E-state index in [2.05, 4.69) is 6.92 Å². The van der Waals surface area contributed by atoms with E-state index in [0.29, 0.717) is 19.6 Å². The summed E-state index contributed by atoms with van der Waals surface area (Å²) in [5.41, 5.74) is 2.40. The monoisotopic (exact) mass is 362 g/mol. The van der Waals surface area contributed by atoms with E-state index in [1.54, 1.807) is 0 Å². The van der Waals surface area contributed by atoms with E-state index in [1.165, 1.54) is 11.1 Å². The van der Waals surface area contributed by atoms with Crippen LogP contribution in [0.5, 0.6) is 5.75 Å². The average Bonchev–Trinajstić information content (AvgIpc) is 2.83. The van der Waals surface area contributed by atoms with Crippen LogP contribution in [0.3, 0.4) is 0 Å². The second-order valence-electron chi connectivity index (χ2n) is 7.12. The van der Waals surface area contributed by atoms with E-state index in [0.717, 1.165) is 31.6 Å². The highest BCUT2D eigenvalue weighted by molar-refractivity contribution is 5.76. The summed E-state index contributed by atoms with van der Waals surface area (Å²) in [6, 6.07) is 6.17. The molecule has 0 aromatic heterocycles. The van der Waals surface area contributed by atoms with Crippen molar-refractivity contribution in [2.24, 2.45) is 0 Å². The Balaban J connectivity index is 1.77. The van der Waals surface area contributed by atoms with E-state index >= 15 is 0 Å². The van der Waals surface area contributed by atoms with Gasteiger partial charge in [0, 0.05) is 19.1 Å². The number of hydrogen-bond acceptors (Lipinski definition) is 4. The molecule has 6 nitrogen and oxygen atoms in total. The van der Waals surface area contributed by atoms with Crippen LogP contribution in [0.2, 0.25) is 0 Å². The van der Waals surface area contributed by atoms with Crippen molar-refractivity contribution in [2.45, 2.75) is 45.6 Å². The molecule has 1 saturated heterocycles. The Morgan fingerprint density at radius 2 is 2.00 bits per heavy atom. The summed E-state index contributed by atoms with van der Waals surface area (Å²) in [6.45, 7) is 5.94. The Kier molecular flexibility index (Phi) is 7.45. The molecular weight excluding hydrogens is 332 g/mol. The molecule has 1 atom stereocenters. The third kappa shape index (κ3) is 6.02. The lowest BCUT2D eigenvalue weighted by Crippen LogP contribution is -2.37. The van der Waals surface area contributed by atoms with Crippen LogP contribution in [0, 0.1) is 13.8 Å². The summed E-state index contributed by atoms with van der Waals surface area (Å²) < 4.78 is 5.72. The molecule has 1 aliphatic rings. The van der Waals surface area contributed by atoms with E-state index in [-0.39, 0.29) is 18.5 Å². The summed E-state index contributed by atoms with van der Waals surface area (Å²) in [6.07, 6.45) is 3.00. The predicted octanol–water partition coefficient (Wildman–Crippen LogP) is 2.47. The zero-order chi connectivity index (χ0) is 19.1. The molecule has 0 saturated carbocycles. The van der Waals surface area contributed by atoms with Crippen LogP contribution in [-0.4, -0.2) is 66.1 Å². The number of likely N-dealkylation sites (N-methyl/N-ethyl adjacent to an activating group) is 1. The Morgan fingerprint density at radius 3 is 2.69 bits per heavy atom. The highest BCUT2D eigenvalue weighted by Crippen LogP contribution is 2.18. The Bertz CT molecular complexity index is 632. The molecular formula is C20H30N2O4. The molecule has 0 radical (unpaired) electrons. The van der Waals surface area contributed by atoms with Gasteiger partial charge in [-0.3, -0.25) is 14.5 Å². The van der Waals surface area contributed by atoms with E-state index in [1.807, 2.05) is 42.0 Å². The van der Waals surface area contributed by atoms with Gasteiger partial charge in [-0.15, -0.1) is 0 Å². The second-order valence-corrected chi connectivity index (χ2v) is 7.12. The highest BCUT2D eigenvalue weighted by atomic mass is 16.5. The number of amides is 1. The number of carbonyl (C=O) groups excluding carboxylic acids is 1. The number of aliphatic carboxylic acids is 1. The standard InChI is InChI=1S/C20H30N2O4/c1-15-6-7-18(13-16(15)2)26-12-9-19(23)22-10-4-5-17(8-11-22)21(3)14-20(24)25/h6-7,13,17H,4-5,8-12,14H2,1-3H3,(H,24,25). The number of likely N-dealkylation sites (tertiary alicyclic amines) is 1. The lowest BCUT2D eigenvalue weighted by atomic mass is 10.1. The quantitative estimate of drug-likeness (QED) is 0.807. The van der Waals surface area contributed by atoms with Gasteiger partial charge in [-0.1, -0.05) is 6.07 Å². The SMILES string of the molecule is Cc1ccc(OCCC(=O)N2CCCC(N(C)CC(=O)O)CC2)cc1C. The summed E-state index contributed by atoms with van der Waals surface area (Å²) in [7, 11) is 1.84. The van der Waals surface area contributed by atoms with Crippen molar-refractivity contribution in [3.05, 3.63) is 29.3 Å². The third-order valence-corrected chi connectivity index (χ3v) is 5.12. The van der Waals surface area contributed by atoms with Gasteiger partial charge >= 0.3 is 5.97 Å². The number of carbonyl (C=O) groups is 2. The predicted molar refractivity (Wildman–Crippen MR) is 101 cm³/mol. The van der Waals surface area contributed by atoms with Gasteiger partial charge in [-0.25, -0.2) is 0 Å². The Morgan fingerprint density at radius 1 is 1.23 bits per heavy atom. The number of nitrogens with zero attached hydrogens (tertiary/aromatic N) is 2. The van der Waals surface area contributed by atoms with E-state index < -0.39 is 5.97 Å². The van der Waals surface area contributed by atoms with Crippen molar-refractivity contribution >= 4 is 11.9 Å². The van der Waals surface area contributed by atoms with Gasteiger partial charge in [0.15, 0.2) is 0 Å². The maximum Gasteiger partial charge on any atom is 0.317 e. The van der Waals surface area contributed by atoms with Crippen LogP contribution in [0.1, 0.15) is 36.8 Å². The van der Waals surface area contributed by atoms with E-state index in [4.69, 9.17) is 9.84 Å². The van der Waals surface area contributed by atoms with Crippen LogP contribution >= 0.6 is 0 Å². The molecule has 1 aromatic rings. The van der Waals surface area contributed by atoms with Gasteiger partial charge in [0.25, 0.3) is 0 Å². The molecule has 1 amide bonds. The molecule has 26 heavy (non-hydrogen) atoms. The molecule has 1 fully saturated rings. The van der Waals surface area contributed by atoms with Crippen molar-refractivity contribution < 1.29 is 19.4 Å². The number of ether oxygens (including phenoxy) is 1. The first-order chi connectivity index (χ1) is 12.4. The fraction of sp³-hybridized carbons (Fsp3) is 0.600. The third-order valence-electron chi connectivity index (χ3n) is 5.12. The molecule has 144 valence electrons. The minimum atomic E-state index is -0.812. The van der Waals surface area contributed by atoms with E-state index in [9.17, 15) is 9.59 Å². The maximum absolute atomic E-state index is 12.5. The maximum atomic E-state index is 12.5. The fourth-order valence-electron chi connectivity index (χ4n) is 3.33. The first kappa shape index (κ1) is 20.2. The molecule has 1 aliphatic heterocycles. The Hall–Kier alpha value is -2.08. The van der Waals surface area contributed by atoms with Gasteiger partial charge in [-0.2, -0.15) is 0 Å². The zero-order valence-electron chi connectivity index (χ0n) is 16.0. The van der Waals surface area contributed by atoms with Gasteiger partial charge in [-0.05, 0) is 63.4 Å². The molecule has 0 aliphatic carbocycles. The summed E-state index contributed by atoms with van der Waals surface area (Å²) in [5.74, 6) is 0.0932. The number of aryl methyl sites for hydroxylation is 2. The van der Waals surface area contributed by atoms with Crippen LogP contribution in [0.15, 0.2) is 18.2 Å². The molecule has 1 aromatic carbocycles. The molecule has 1 N–H and O–H groups in total. The lowest BCUT2D eigenvalue weighted by molar-refractivity contribution is -0.138. The van der Waals surface area contributed by atoms with Crippen LogP contribution in [0.4, 0.5) is 0 Å². The summed E-state index contributed by atoms with van der Waals surface area (Å²) in [4.78, 5) is 27.1. The smallest absolute Gasteiger partial charge is 0.317 e. The van der Waals surface area contributed by atoms with Gasteiger partial charge < -0.3 is 14.7 Å². The molecule has 0 bridgehead atoms. The van der Waals surface area contributed by atoms with Crippen molar-refractivity contribution in [3.63, 3.8) is 0 Å². The van der Waals surface area contributed by atoms with Gasteiger partial charge in [0.05, 0.1) is 19.6 Å². The fourth-order valence-corrected chi connectivity index (χ4v) is 3.33. The van der Waals surface area contributed by atoms with Gasteiger partial charge in [0.2, 0.25) is 5.91 Å². The van der Waals surface area contributed by atoms with Crippen molar-refractivity contribution in [1.29, 1.82) is 0 Å². The Labute approximate surface area is 155 Å². The first-order valence-corrected chi connectivity index (χ1v) is 9.26. The van der Waals surface area contributed by atoms with Gasteiger partial charge in [0.1, 0.15) is 5.75 Å². The van der Waals surface area contributed by atoms with Crippen LogP contribution in [0.25, 0.3) is 0 Å². The summed E-state index contributed by atoms with van der Waals surface area (Å²) >= 11 is 0.